The molecule has 520 valence electrons. The Balaban J connectivity index is 1.67. The number of carbonyl (C=O) groups is 1. The van der Waals surface area contributed by atoms with Crippen LogP contribution in [0.4, 0.5) is 0 Å². The third-order valence-corrected chi connectivity index (χ3v) is 17.3. The molecule has 14 nitrogen and oxygen atoms in total. The molecule has 2 heterocycles. The van der Waals surface area contributed by atoms with E-state index in [1.165, 1.54) is 148 Å². The number of unbranched alkanes of at least 4 members (excludes halogenated alkanes) is 30. The number of ether oxygens (including phenoxy) is 4. The third-order valence-electron chi connectivity index (χ3n) is 17.3. The quantitative estimate of drug-likeness (QED) is 0.0204. The van der Waals surface area contributed by atoms with E-state index in [1.54, 1.807) is 0 Å². The summed E-state index contributed by atoms with van der Waals surface area (Å²) in [5.74, 6) is -0.216. The van der Waals surface area contributed by atoms with Gasteiger partial charge >= 0.3 is 0 Å². The maximum absolute atomic E-state index is 13.4. The maximum Gasteiger partial charge on any atom is 0.220 e. The van der Waals surface area contributed by atoms with Crippen molar-refractivity contribution in [1.82, 2.24) is 5.32 Å². The van der Waals surface area contributed by atoms with Gasteiger partial charge in [-0.1, -0.05) is 297 Å². The highest BCUT2D eigenvalue weighted by Crippen LogP contribution is 2.30. The molecule has 12 unspecified atom stereocenters. The van der Waals surface area contributed by atoms with Gasteiger partial charge in [-0.05, 0) is 77.0 Å². The monoisotopic (exact) mass is 1270 g/mol. The summed E-state index contributed by atoms with van der Waals surface area (Å²) in [5.41, 5.74) is 0. The van der Waals surface area contributed by atoms with Crippen LogP contribution < -0.4 is 5.32 Å². The SMILES string of the molecule is CC/C=C\C/C=C\C/C=C\C/C=C\C/C=C\C/C=C\C/C=C\C/C=C\CCCCCCCCCCC(=O)NC(COC1OC(CO)C(OC2OC(CO)C(O)C(O)C2O)C(O)C1O)C(O)CCCCCCCCCCCCCCCCCCCCCCCCC. The highest BCUT2D eigenvalue weighted by atomic mass is 16.7. The number of aliphatic hydroxyl groups excluding tert-OH is 8. The normalized spacial score (nSPS) is 23.5. The van der Waals surface area contributed by atoms with E-state index in [4.69, 9.17) is 18.9 Å². The van der Waals surface area contributed by atoms with Crippen molar-refractivity contribution in [1.29, 1.82) is 0 Å². The zero-order valence-electron chi connectivity index (χ0n) is 56.6. The fourth-order valence-electron chi connectivity index (χ4n) is 11.5. The number of rotatable bonds is 59. The molecule has 1 amide bonds. The molecule has 2 rings (SSSR count). The number of carbonyl (C=O) groups excluding carboxylic acids is 1. The standard InChI is InChI=1S/C76H133NO13/c1-3-5-7-9-11-13-15-17-19-21-23-25-27-28-29-30-31-32-33-34-35-36-38-40-42-44-46-48-50-52-54-56-58-60-68(81)77-64(63-87-75-73(86)71(84)74(67(62-79)89-75)90-76-72(85)70(83)69(82)66(61-78)88-76)65(80)59-57-55-53-51-49-47-45-43-41-39-37-26-24-22-20-18-16-14-12-10-8-6-4-2/h5,7,11,13,17,19,23,25,28-29,31-32,34-35,38,40,64-67,69-76,78-80,82-86H,3-4,6,8-10,12,14-16,18,20-22,24,26-27,30,33,36-37,39,41-63H2,1-2H3,(H,77,81)/b7-5-,13-11-,19-17-,25-23-,29-28-,32-31-,35-34-,40-38-. The minimum Gasteiger partial charge on any atom is -0.394 e. The van der Waals surface area contributed by atoms with Gasteiger partial charge in [-0.25, -0.2) is 0 Å². The largest absolute Gasteiger partial charge is 0.394 e. The van der Waals surface area contributed by atoms with Gasteiger partial charge in [-0.15, -0.1) is 0 Å². The van der Waals surface area contributed by atoms with Crippen molar-refractivity contribution in [2.45, 2.75) is 357 Å². The van der Waals surface area contributed by atoms with E-state index >= 15 is 0 Å². The lowest BCUT2D eigenvalue weighted by Gasteiger charge is -2.46. The topological polar surface area (TPSA) is 228 Å². The van der Waals surface area contributed by atoms with E-state index in [-0.39, 0.29) is 18.9 Å². The fourth-order valence-corrected chi connectivity index (χ4v) is 11.5. The van der Waals surface area contributed by atoms with Crippen LogP contribution in [0.15, 0.2) is 97.2 Å². The molecule has 2 aliphatic rings. The first-order valence-corrected chi connectivity index (χ1v) is 36.5. The second kappa shape index (κ2) is 59.6. The van der Waals surface area contributed by atoms with E-state index in [0.717, 1.165) is 103 Å². The van der Waals surface area contributed by atoms with Gasteiger partial charge in [0.05, 0.1) is 32.0 Å². The van der Waals surface area contributed by atoms with Gasteiger partial charge in [0.25, 0.3) is 0 Å². The summed E-state index contributed by atoms with van der Waals surface area (Å²) in [6, 6.07) is -0.842. The highest BCUT2D eigenvalue weighted by molar-refractivity contribution is 5.76. The summed E-state index contributed by atoms with van der Waals surface area (Å²) < 4.78 is 22.9. The predicted octanol–water partition coefficient (Wildman–Crippen LogP) is 15.3. The molecular weight excluding hydrogens is 1130 g/mol. The summed E-state index contributed by atoms with van der Waals surface area (Å²) in [6.45, 7) is 2.77. The second-order valence-corrected chi connectivity index (χ2v) is 25.3. The van der Waals surface area contributed by atoms with Crippen LogP contribution in [0.2, 0.25) is 0 Å². The molecule has 14 heteroatoms. The number of hydrogen-bond acceptors (Lipinski definition) is 13. The van der Waals surface area contributed by atoms with Crippen LogP contribution in [0.1, 0.15) is 284 Å². The molecule has 2 aliphatic heterocycles. The summed E-state index contributed by atoms with van der Waals surface area (Å²) >= 11 is 0. The first-order valence-electron chi connectivity index (χ1n) is 36.5. The maximum atomic E-state index is 13.4. The van der Waals surface area contributed by atoms with E-state index in [2.05, 4.69) is 116 Å². The Kier molecular flexibility index (Phi) is 55.0. The van der Waals surface area contributed by atoms with Gasteiger partial charge in [0.1, 0.15) is 48.8 Å². The Morgan fingerprint density at radius 3 is 1.18 bits per heavy atom. The molecule has 0 aromatic carbocycles. The van der Waals surface area contributed by atoms with Crippen LogP contribution in [0.3, 0.4) is 0 Å². The number of aliphatic hydroxyl groups is 8. The zero-order chi connectivity index (χ0) is 65.2. The van der Waals surface area contributed by atoms with Gasteiger partial charge in [0.2, 0.25) is 5.91 Å². The van der Waals surface area contributed by atoms with Crippen LogP contribution in [0.25, 0.3) is 0 Å². The Morgan fingerprint density at radius 2 is 0.767 bits per heavy atom. The molecular formula is C76H133NO13. The van der Waals surface area contributed by atoms with Crippen molar-refractivity contribution in [3.63, 3.8) is 0 Å². The molecule has 9 N–H and O–H groups in total. The van der Waals surface area contributed by atoms with E-state index in [1.807, 2.05) is 0 Å². The molecule has 0 radical (unpaired) electrons. The number of allylic oxidation sites excluding steroid dienone is 16. The second-order valence-electron chi connectivity index (χ2n) is 25.3. The number of amides is 1. The van der Waals surface area contributed by atoms with Crippen LogP contribution in [-0.2, 0) is 23.7 Å². The van der Waals surface area contributed by atoms with Gasteiger partial charge in [-0.3, -0.25) is 4.79 Å². The lowest BCUT2D eigenvalue weighted by molar-refractivity contribution is -0.359. The zero-order valence-corrected chi connectivity index (χ0v) is 56.6. The van der Waals surface area contributed by atoms with E-state index < -0.39 is 86.8 Å². The van der Waals surface area contributed by atoms with Crippen molar-refractivity contribution in [2.75, 3.05) is 19.8 Å². The van der Waals surface area contributed by atoms with E-state index in [0.29, 0.717) is 12.8 Å². The summed E-state index contributed by atoms with van der Waals surface area (Å²) in [5, 5.41) is 87.7. The van der Waals surface area contributed by atoms with Gasteiger partial charge in [-0.2, -0.15) is 0 Å². The molecule has 2 fully saturated rings. The Morgan fingerprint density at radius 1 is 0.411 bits per heavy atom. The van der Waals surface area contributed by atoms with Gasteiger partial charge < -0.3 is 65.1 Å². The highest BCUT2D eigenvalue weighted by Gasteiger charge is 2.51. The smallest absolute Gasteiger partial charge is 0.220 e. The van der Waals surface area contributed by atoms with Gasteiger partial charge in [0.15, 0.2) is 12.6 Å². The summed E-state index contributed by atoms with van der Waals surface area (Å²) in [4.78, 5) is 13.4. The molecule has 0 bridgehead atoms. The van der Waals surface area contributed by atoms with Crippen molar-refractivity contribution in [3.05, 3.63) is 97.2 Å². The average molecular weight is 1270 g/mol. The fraction of sp³-hybridized carbons (Fsp3) is 0.776. The molecule has 90 heavy (non-hydrogen) atoms. The molecule has 2 saturated heterocycles. The van der Waals surface area contributed by atoms with Crippen molar-refractivity contribution in [3.8, 4) is 0 Å². The number of hydrogen-bond donors (Lipinski definition) is 9. The third kappa shape index (κ3) is 43.0. The minimum absolute atomic E-state index is 0.216. The first-order chi connectivity index (χ1) is 44.1. The van der Waals surface area contributed by atoms with Crippen molar-refractivity contribution in [2.24, 2.45) is 0 Å². The Labute approximate surface area is 547 Å². The Bertz CT molecular complexity index is 1880. The summed E-state index contributed by atoms with van der Waals surface area (Å²) in [7, 11) is 0. The molecule has 0 aromatic heterocycles. The van der Waals surface area contributed by atoms with Crippen LogP contribution in [0, 0.1) is 0 Å². The van der Waals surface area contributed by atoms with Crippen molar-refractivity contribution < 1.29 is 64.6 Å². The number of nitrogens with one attached hydrogen (secondary N) is 1. The van der Waals surface area contributed by atoms with Crippen molar-refractivity contribution >= 4 is 5.91 Å². The van der Waals surface area contributed by atoms with E-state index in [9.17, 15) is 45.6 Å². The van der Waals surface area contributed by atoms with Crippen LogP contribution >= 0.6 is 0 Å². The molecule has 0 spiro atoms. The summed E-state index contributed by atoms with van der Waals surface area (Å²) in [6.07, 6.45) is 67.0. The minimum atomic E-state index is -1.79. The van der Waals surface area contributed by atoms with Crippen LogP contribution in [0.5, 0.6) is 0 Å². The Hall–Kier alpha value is -3.09. The molecule has 0 aromatic rings. The lowest BCUT2D eigenvalue weighted by Crippen LogP contribution is -2.65. The predicted molar refractivity (Wildman–Crippen MR) is 369 cm³/mol. The average Bonchev–Trinajstić information content (AvgIpc) is 1.41. The molecule has 0 saturated carbocycles. The molecule has 12 atom stereocenters. The van der Waals surface area contributed by atoms with Crippen LogP contribution in [-0.4, -0.2) is 140 Å². The first kappa shape index (κ1) is 83.0. The van der Waals surface area contributed by atoms with Gasteiger partial charge in [0, 0.05) is 6.42 Å². The lowest BCUT2D eigenvalue weighted by atomic mass is 9.97. The molecule has 0 aliphatic carbocycles.